The zero-order valence-electron chi connectivity index (χ0n) is 6.39. The third-order valence-corrected chi connectivity index (χ3v) is 2.34. The first-order valence-electron chi connectivity index (χ1n) is 3.50. The second-order valence-corrected chi connectivity index (χ2v) is 3.49. The molecule has 13 heavy (non-hydrogen) atoms. The second-order valence-electron chi connectivity index (χ2n) is 2.55. The van der Waals surface area contributed by atoms with E-state index in [-0.39, 0.29) is 10.8 Å². The van der Waals surface area contributed by atoms with Crippen LogP contribution in [0, 0.1) is 0 Å². The molecule has 2 rings (SSSR count). The summed E-state index contributed by atoms with van der Waals surface area (Å²) in [5, 5.41) is 1.09. The highest BCUT2D eigenvalue weighted by Crippen LogP contribution is 1.98. The summed E-state index contributed by atoms with van der Waals surface area (Å²) in [5.41, 5.74) is 0. The molecule has 0 saturated heterocycles. The number of hydrogen-bond donors (Lipinski definition) is 0. The summed E-state index contributed by atoms with van der Waals surface area (Å²) < 4.78 is 21.1. The van der Waals surface area contributed by atoms with Crippen LogP contribution in [0.25, 0.3) is 6.08 Å². The van der Waals surface area contributed by atoms with Crippen molar-refractivity contribution in [3.05, 3.63) is 28.8 Å². The summed E-state index contributed by atoms with van der Waals surface area (Å²) in [5.74, 6) is -0.344. The van der Waals surface area contributed by atoms with E-state index in [2.05, 4.69) is 4.99 Å². The third-order valence-electron chi connectivity index (χ3n) is 1.70. The number of nitrogens with zero attached hydrogens (tertiary/aromatic N) is 1. The average molecular weight is 194 g/mol. The Morgan fingerprint density at radius 3 is 2.85 bits per heavy atom. The minimum absolute atomic E-state index is 0.167. The van der Waals surface area contributed by atoms with Gasteiger partial charge in [-0.2, -0.15) is 0 Å². The average Bonchev–Trinajstić information content (AvgIpc) is 2.42. The lowest BCUT2D eigenvalue weighted by molar-refractivity contribution is -0.112. The van der Waals surface area contributed by atoms with Crippen molar-refractivity contribution < 1.29 is 13.6 Å². The summed E-state index contributed by atoms with van der Waals surface area (Å²) in [6.07, 6.45) is 1.31. The van der Waals surface area contributed by atoms with Gasteiger partial charge in [0.15, 0.2) is 0 Å². The van der Waals surface area contributed by atoms with Gasteiger partial charge in [-0.1, -0.05) is 0 Å². The minimum Gasteiger partial charge on any atom is -0.768 e. The van der Waals surface area contributed by atoms with Crippen LogP contribution in [0.15, 0.2) is 28.1 Å². The first-order chi connectivity index (χ1) is 6.16. The number of fused-ring (bicyclic) bond motifs is 1. The van der Waals surface area contributed by atoms with Crippen LogP contribution in [0.1, 0.15) is 0 Å². The Hall–Kier alpha value is -1.33. The Morgan fingerprint density at radius 1 is 1.38 bits per heavy atom. The highest BCUT2D eigenvalue weighted by molar-refractivity contribution is 7.79. The van der Waals surface area contributed by atoms with Gasteiger partial charge < -0.3 is 4.55 Å². The third kappa shape index (κ3) is 1.43. The zero-order valence-corrected chi connectivity index (χ0v) is 7.21. The number of carbonyl (C=O) groups is 1. The highest BCUT2D eigenvalue weighted by Gasteiger charge is 2.03. The molecule has 0 bridgehead atoms. The van der Waals surface area contributed by atoms with Gasteiger partial charge in [0.25, 0.3) is 5.91 Å². The number of carbonyl (C=O) groups excluding carboxylic acids is 1. The van der Waals surface area contributed by atoms with E-state index in [4.69, 9.17) is 0 Å². The van der Waals surface area contributed by atoms with Crippen molar-refractivity contribution in [2.75, 3.05) is 0 Å². The Balaban J connectivity index is 2.73. The summed E-state index contributed by atoms with van der Waals surface area (Å²) in [4.78, 5) is 14.6. The van der Waals surface area contributed by atoms with Crippen LogP contribution >= 0.6 is 0 Å². The molecule has 0 saturated carbocycles. The van der Waals surface area contributed by atoms with Gasteiger partial charge in [0.1, 0.15) is 0 Å². The number of amides is 1. The van der Waals surface area contributed by atoms with Crippen molar-refractivity contribution in [3.63, 3.8) is 0 Å². The van der Waals surface area contributed by atoms with Crippen molar-refractivity contribution >= 4 is 23.1 Å². The van der Waals surface area contributed by atoms with Gasteiger partial charge in [-0.05, 0) is 29.3 Å². The fourth-order valence-electron chi connectivity index (χ4n) is 1.14. The van der Waals surface area contributed by atoms with E-state index in [0.29, 0.717) is 10.6 Å². The molecular weight excluding hydrogens is 190 g/mol. The minimum atomic E-state index is -2.26. The van der Waals surface area contributed by atoms with E-state index in [0.717, 1.165) is 0 Å². The van der Waals surface area contributed by atoms with E-state index < -0.39 is 11.1 Å². The maximum absolute atomic E-state index is 10.8. The van der Waals surface area contributed by atoms with Gasteiger partial charge in [0, 0.05) is 16.2 Å². The number of benzene rings is 1. The molecule has 0 radical (unpaired) electrons. The predicted octanol–water partition coefficient (Wildman–Crippen LogP) is -1.14. The van der Waals surface area contributed by atoms with Crippen LogP contribution < -0.4 is 10.6 Å². The molecule has 1 aliphatic rings. The molecule has 1 aromatic carbocycles. The zero-order chi connectivity index (χ0) is 9.42. The van der Waals surface area contributed by atoms with Crippen LogP contribution in [0.4, 0.5) is 0 Å². The van der Waals surface area contributed by atoms with Crippen LogP contribution in [0.5, 0.6) is 0 Å². The fraction of sp³-hybridized carbons (Fsp3) is 0. The van der Waals surface area contributed by atoms with Gasteiger partial charge >= 0.3 is 0 Å². The molecule has 4 nitrogen and oxygen atoms in total. The summed E-state index contributed by atoms with van der Waals surface area (Å²) >= 11 is -2.26. The summed E-state index contributed by atoms with van der Waals surface area (Å²) in [7, 11) is 0. The van der Waals surface area contributed by atoms with Crippen LogP contribution in [0.2, 0.25) is 0 Å². The molecule has 1 heterocycles. The molecule has 1 atom stereocenters. The predicted molar refractivity (Wildman–Crippen MR) is 43.9 cm³/mol. The van der Waals surface area contributed by atoms with Crippen LogP contribution in [-0.4, -0.2) is 14.7 Å². The molecule has 1 aromatic rings. The van der Waals surface area contributed by atoms with Gasteiger partial charge in [0.2, 0.25) is 0 Å². The molecule has 0 spiro atoms. The molecule has 0 aliphatic carbocycles. The van der Waals surface area contributed by atoms with E-state index in [1.54, 1.807) is 0 Å². The monoisotopic (exact) mass is 194 g/mol. The molecule has 1 unspecified atom stereocenters. The number of rotatable bonds is 1. The molecule has 0 fully saturated rings. The first-order valence-corrected chi connectivity index (χ1v) is 4.58. The fourth-order valence-corrected chi connectivity index (χ4v) is 1.54. The number of hydrogen-bond acceptors (Lipinski definition) is 3. The maximum atomic E-state index is 10.8. The van der Waals surface area contributed by atoms with Gasteiger partial charge in [0.05, 0.1) is 5.36 Å². The smallest absolute Gasteiger partial charge is 0.270 e. The van der Waals surface area contributed by atoms with Crippen molar-refractivity contribution in [2.45, 2.75) is 4.90 Å². The van der Waals surface area contributed by atoms with E-state index >= 15 is 0 Å². The van der Waals surface area contributed by atoms with Gasteiger partial charge in [-0.15, -0.1) is 0 Å². The summed E-state index contributed by atoms with van der Waals surface area (Å²) in [6.45, 7) is 0. The lowest BCUT2D eigenvalue weighted by Gasteiger charge is -2.02. The van der Waals surface area contributed by atoms with E-state index in [1.807, 2.05) is 0 Å². The van der Waals surface area contributed by atoms with Crippen LogP contribution in [-0.2, 0) is 15.9 Å². The topological polar surface area (TPSA) is 69.6 Å². The first kappa shape index (κ1) is 8.28. The Bertz CT molecular complexity index is 521. The SMILES string of the molecule is O=C1C=c2cc(S(=O)[O-])ccc2=N1. The molecule has 0 N–H and O–H groups in total. The largest absolute Gasteiger partial charge is 0.768 e. The van der Waals surface area contributed by atoms with Crippen LogP contribution in [0.3, 0.4) is 0 Å². The van der Waals surface area contributed by atoms with Crippen molar-refractivity contribution in [1.29, 1.82) is 0 Å². The standard InChI is InChI=1S/C8H5NO3S/c10-8-4-5-3-6(13(11)12)1-2-7(5)9-8/h1-4H,(H,11,12)/p-1. The molecule has 0 aromatic heterocycles. The van der Waals surface area contributed by atoms with Gasteiger partial charge in [-0.3, -0.25) is 9.00 Å². The van der Waals surface area contributed by atoms with E-state index in [1.165, 1.54) is 24.3 Å². The highest BCUT2D eigenvalue weighted by atomic mass is 32.2. The molecule has 1 amide bonds. The quantitative estimate of drug-likeness (QED) is 0.531. The van der Waals surface area contributed by atoms with Crippen molar-refractivity contribution in [1.82, 2.24) is 0 Å². The Labute approximate surface area is 75.9 Å². The normalized spacial score (nSPS) is 15.9. The van der Waals surface area contributed by atoms with Gasteiger partial charge in [-0.25, -0.2) is 4.99 Å². The second kappa shape index (κ2) is 2.86. The maximum Gasteiger partial charge on any atom is 0.270 e. The summed E-state index contributed by atoms with van der Waals surface area (Å²) in [6, 6.07) is 4.35. The molecular formula is C8H4NO3S-. The lowest BCUT2D eigenvalue weighted by atomic mass is 10.3. The van der Waals surface area contributed by atoms with E-state index in [9.17, 15) is 13.6 Å². The molecule has 1 aliphatic heterocycles. The molecule has 5 heteroatoms. The van der Waals surface area contributed by atoms with Crippen molar-refractivity contribution in [3.8, 4) is 0 Å². The lowest BCUT2D eigenvalue weighted by Crippen LogP contribution is -2.21. The van der Waals surface area contributed by atoms with Crippen molar-refractivity contribution in [2.24, 2.45) is 4.99 Å². The Morgan fingerprint density at radius 2 is 2.15 bits per heavy atom. The molecule has 66 valence electrons. The Kier molecular flexibility index (Phi) is 1.82.